The Hall–Kier alpha value is -3.77. The zero-order valence-electron chi connectivity index (χ0n) is 15.8. The second-order valence-corrected chi connectivity index (χ2v) is 6.26. The largest absolute Gasteiger partial charge is 0.507 e. The normalized spacial score (nSPS) is 10.7. The number of ether oxygens (including phenoxy) is 2. The molecule has 0 atom stereocenters. The molecule has 1 N–H and O–H groups in total. The van der Waals surface area contributed by atoms with E-state index in [9.17, 15) is 5.11 Å². The maximum absolute atomic E-state index is 10.3. The average molecular weight is 385 g/mol. The Morgan fingerprint density at radius 2 is 1.28 bits per heavy atom. The van der Waals surface area contributed by atoms with Crippen LogP contribution in [0, 0.1) is 0 Å². The van der Waals surface area contributed by atoms with E-state index in [1.807, 2.05) is 60.7 Å². The first-order valence-electron chi connectivity index (χ1n) is 9.06. The number of para-hydroxylation sites is 1. The number of aromatic nitrogens is 3. The Morgan fingerprint density at radius 1 is 0.690 bits per heavy atom. The van der Waals surface area contributed by atoms with Crippen LogP contribution in [0.1, 0.15) is 0 Å². The Morgan fingerprint density at radius 3 is 1.93 bits per heavy atom. The summed E-state index contributed by atoms with van der Waals surface area (Å²) >= 11 is 0. The van der Waals surface area contributed by atoms with Gasteiger partial charge in [0, 0.05) is 18.2 Å². The SMILES string of the molecule is COCOc1ccc(-c2nc(-c3ccccc3)nc(-c3ccccc3O)n2)cc1. The summed E-state index contributed by atoms with van der Waals surface area (Å²) in [7, 11) is 1.57. The standard InChI is InChI=1S/C23H19N3O3/c1-28-15-29-18-13-11-17(12-14-18)22-24-21(16-7-3-2-4-8-16)25-23(26-22)19-9-5-6-10-20(19)27/h2-14,27H,15H2,1H3. The quantitative estimate of drug-likeness (QED) is 0.490. The summed E-state index contributed by atoms with van der Waals surface area (Å²) in [5.41, 5.74) is 2.23. The molecule has 1 aromatic heterocycles. The van der Waals surface area contributed by atoms with Crippen molar-refractivity contribution in [2.75, 3.05) is 13.9 Å². The van der Waals surface area contributed by atoms with E-state index in [0.29, 0.717) is 28.8 Å². The van der Waals surface area contributed by atoms with Crippen molar-refractivity contribution in [1.29, 1.82) is 0 Å². The van der Waals surface area contributed by atoms with Crippen molar-refractivity contribution in [2.45, 2.75) is 0 Å². The van der Waals surface area contributed by atoms with Crippen molar-refractivity contribution in [3.05, 3.63) is 78.9 Å². The highest BCUT2D eigenvalue weighted by Gasteiger charge is 2.14. The third-order valence-electron chi connectivity index (χ3n) is 4.27. The van der Waals surface area contributed by atoms with Gasteiger partial charge in [-0.1, -0.05) is 42.5 Å². The summed E-state index contributed by atoms with van der Waals surface area (Å²) in [6.07, 6.45) is 0. The van der Waals surface area contributed by atoms with Gasteiger partial charge in [-0.15, -0.1) is 0 Å². The second-order valence-electron chi connectivity index (χ2n) is 6.26. The number of rotatable bonds is 6. The van der Waals surface area contributed by atoms with Gasteiger partial charge in [0.25, 0.3) is 0 Å². The molecule has 0 spiro atoms. The molecular weight excluding hydrogens is 366 g/mol. The maximum atomic E-state index is 10.3. The molecule has 0 unspecified atom stereocenters. The van der Waals surface area contributed by atoms with Crippen LogP contribution in [-0.2, 0) is 4.74 Å². The van der Waals surface area contributed by atoms with Crippen LogP contribution in [0.5, 0.6) is 11.5 Å². The molecule has 6 nitrogen and oxygen atoms in total. The molecule has 0 amide bonds. The van der Waals surface area contributed by atoms with Crippen LogP contribution in [-0.4, -0.2) is 34.0 Å². The highest BCUT2D eigenvalue weighted by Crippen LogP contribution is 2.29. The summed E-state index contributed by atoms with van der Waals surface area (Å²) < 4.78 is 10.4. The number of hydrogen-bond acceptors (Lipinski definition) is 6. The van der Waals surface area contributed by atoms with E-state index < -0.39 is 0 Å². The van der Waals surface area contributed by atoms with Crippen molar-refractivity contribution in [1.82, 2.24) is 15.0 Å². The molecule has 29 heavy (non-hydrogen) atoms. The second kappa shape index (κ2) is 8.50. The van der Waals surface area contributed by atoms with E-state index in [4.69, 9.17) is 9.47 Å². The molecule has 0 bridgehead atoms. The summed E-state index contributed by atoms with van der Waals surface area (Å²) in [6, 6.07) is 24.1. The number of phenolic OH excluding ortho intramolecular Hbond substituents is 1. The lowest BCUT2D eigenvalue weighted by atomic mass is 10.1. The van der Waals surface area contributed by atoms with Crippen LogP contribution in [0.2, 0.25) is 0 Å². The summed E-state index contributed by atoms with van der Waals surface area (Å²) in [6.45, 7) is 0.181. The van der Waals surface area contributed by atoms with Crippen LogP contribution in [0.25, 0.3) is 34.2 Å². The van der Waals surface area contributed by atoms with Gasteiger partial charge in [-0.3, -0.25) is 0 Å². The van der Waals surface area contributed by atoms with Gasteiger partial charge in [-0.25, -0.2) is 15.0 Å². The smallest absolute Gasteiger partial charge is 0.188 e. The topological polar surface area (TPSA) is 77.4 Å². The Labute approximate surface area is 168 Å². The van der Waals surface area contributed by atoms with E-state index in [1.54, 1.807) is 25.3 Å². The van der Waals surface area contributed by atoms with Crippen molar-refractivity contribution in [3.8, 4) is 45.7 Å². The average Bonchev–Trinajstić information content (AvgIpc) is 2.78. The third-order valence-corrected chi connectivity index (χ3v) is 4.27. The van der Waals surface area contributed by atoms with E-state index >= 15 is 0 Å². The zero-order chi connectivity index (χ0) is 20.1. The maximum Gasteiger partial charge on any atom is 0.188 e. The summed E-state index contributed by atoms with van der Waals surface area (Å²) in [5, 5.41) is 10.3. The lowest BCUT2D eigenvalue weighted by Crippen LogP contribution is -2.01. The highest BCUT2D eigenvalue weighted by molar-refractivity contribution is 5.69. The number of aromatic hydroxyl groups is 1. The number of benzene rings is 3. The van der Waals surface area contributed by atoms with Gasteiger partial charge in [0.05, 0.1) is 5.56 Å². The molecule has 0 aliphatic heterocycles. The van der Waals surface area contributed by atoms with Crippen LogP contribution >= 0.6 is 0 Å². The molecule has 144 valence electrons. The molecule has 0 radical (unpaired) electrons. The fraction of sp³-hybridized carbons (Fsp3) is 0.0870. The molecule has 0 saturated carbocycles. The van der Waals surface area contributed by atoms with E-state index in [1.165, 1.54) is 0 Å². The first-order valence-corrected chi connectivity index (χ1v) is 9.06. The molecule has 1 heterocycles. The minimum atomic E-state index is 0.118. The van der Waals surface area contributed by atoms with Crippen molar-refractivity contribution < 1.29 is 14.6 Å². The highest BCUT2D eigenvalue weighted by atomic mass is 16.7. The zero-order valence-corrected chi connectivity index (χ0v) is 15.8. The van der Waals surface area contributed by atoms with Crippen molar-refractivity contribution in [2.24, 2.45) is 0 Å². The molecule has 0 aliphatic carbocycles. The molecule has 6 heteroatoms. The molecule has 4 rings (SSSR count). The Kier molecular flexibility index (Phi) is 5.45. The van der Waals surface area contributed by atoms with E-state index in [2.05, 4.69) is 15.0 Å². The number of nitrogens with zero attached hydrogens (tertiary/aromatic N) is 3. The lowest BCUT2D eigenvalue weighted by Gasteiger charge is -2.10. The van der Waals surface area contributed by atoms with Crippen LogP contribution in [0.4, 0.5) is 0 Å². The molecule has 3 aromatic carbocycles. The van der Waals surface area contributed by atoms with Gasteiger partial charge in [0.1, 0.15) is 11.5 Å². The van der Waals surface area contributed by atoms with Crippen molar-refractivity contribution >= 4 is 0 Å². The van der Waals surface area contributed by atoms with Gasteiger partial charge in [-0.05, 0) is 36.4 Å². The van der Waals surface area contributed by atoms with Crippen LogP contribution in [0.3, 0.4) is 0 Å². The molecular formula is C23H19N3O3. The van der Waals surface area contributed by atoms with Gasteiger partial charge in [0.15, 0.2) is 24.3 Å². The van der Waals surface area contributed by atoms with Gasteiger partial charge < -0.3 is 14.6 Å². The first kappa shape index (κ1) is 18.6. The van der Waals surface area contributed by atoms with Crippen LogP contribution in [0.15, 0.2) is 78.9 Å². The van der Waals surface area contributed by atoms with Crippen LogP contribution < -0.4 is 4.74 Å². The molecule has 0 fully saturated rings. The summed E-state index contributed by atoms with van der Waals surface area (Å²) in [4.78, 5) is 13.9. The minimum Gasteiger partial charge on any atom is -0.507 e. The fourth-order valence-electron chi connectivity index (χ4n) is 2.83. The minimum absolute atomic E-state index is 0.118. The lowest BCUT2D eigenvalue weighted by molar-refractivity contribution is 0.0511. The molecule has 4 aromatic rings. The number of hydrogen-bond donors (Lipinski definition) is 1. The van der Waals surface area contributed by atoms with E-state index in [-0.39, 0.29) is 12.5 Å². The van der Waals surface area contributed by atoms with Gasteiger partial charge in [0.2, 0.25) is 0 Å². The van der Waals surface area contributed by atoms with Gasteiger partial charge in [-0.2, -0.15) is 0 Å². The molecule has 0 aliphatic rings. The fourth-order valence-corrected chi connectivity index (χ4v) is 2.83. The monoisotopic (exact) mass is 385 g/mol. The Bertz CT molecular complexity index is 1100. The third kappa shape index (κ3) is 4.23. The Balaban J connectivity index is 1.81. The molecule has 0 saturated heterocycles. The predicted octanol–water partition coefficient (Wildman–Crippen LogP) is 4.56. The first-order chi connectivity index (χ1) is 14.2. The van der Waals surface area contributed by atoms with Gasteiger partial charge >= 0.3 is 0 Å². The summed E-state index contributed by atoms with van der Waals surface area (Å²) in [5.74, 6) is 2.26. The number of phenols is 1. The van der Waals surface area contributed by atoms with Crippen molar-refractivity contribution in [3.63, 3.8) is 0 Å². The number of methoxy groups -OCH3 is 1. The predicted molar refractivity (Wildman–Crippen MR) is 110 cm³/mol. The van der Waals surface area contributed by atoms with E-state index in [0.717, 1.165) is 11.1 Å².